The SMILES string of the molecule is C=CC(=O)c1noc2cc(Cl)ccc12. The molecule has 0 spiro atoms. The van der Waals surface area contributed by atoms with E-state index in [9.17, 15) is 4.79 Å². The number of hydrogen-bond acceptors (Lipinski definition) is 3. The molecule has 0 amide bonds. The number of carbonyl (C=O) groups is 1. The minimum absolute atomic E-state index is 0.258. The third-order valence-corrected chi connectivity index (χ3v) is 2.09. The number of hydrogen-bond donors (Lipinski definition) is 0. The van der Waals surface area contributed by atoms with Gasteiger partial charge in [0.15, 0.2) is 11.3 Å². The van der Waals surface area contributed by atoms with Gasteiger partial charge < -0.3 is 4.52 Å². The molecule has 3 nitrogen and oxygen atoms in total. The summed E-state index contributed by atoms with van der Waals surface area (Å²) in [5.41, 5.74) is 0.773. The molecule has 0 aliphatic heterocycles. The zero-order chi connectivity index (χ0) is 10.1. The van der Waals surface area contributed by atoms with E-state index in [0.717, 1.165) is 0 Å². The molecule has 0 bridgehead atoms. The fourth-order valence-electron chi connectivity index (χ4n) is 1.19. The van der Waals surface area contributed by atoms with Crippen LogP contribution in [-0.2, 0) is 0 Å². The first-order chi connectivity index (χ1) is 6.72. The largest absolute Gasteiger partial charge is 0.355 e. The number of rotatable bonds is 2. The van der Waals surface area contributed by atoms with Gasteiger partial charge in [-0.2, -0.15) is 0 Å². The van der Waals surface area contributed by atoms with Gasteiger partial charge in [0.1, 0.15) is 0 Å². The van der Waals surface area contributed by atoms with Gasteiger partial charge >= 0.3 is 0 Å². The van der Waals surface area contributed by atoms with Gasteiger partial charge in [0.2, 0.25) is 5.78 Å². The summed E-state index contributed by atoms with van der Waals surface area (Å²) in [7, 11) is 0. The molecule has 0 fully saturated rings. The van der Waals surface area contributed by atoms with Crippen molar-refractivity contribution < 1.29 is 9.32 Å². The first kappa shape index (κ1) is 8.97. The molecule has 0 saturated carbocycles. The number of aromatic nitrogens is 1. The lowest BCUT2D eigenvalue weighted by Gasteiger charge is -1.89. The minimum atomic E-state index is -0.258. The van der Waals surface area contributed by atoms with Crippen LogP contribution < -0.4 is 0 Å². The van der Waals surface area contributed by atoms with Crippen molar-refractivity contribution in [3.8, 4) is 0 Å². The van der Waals surface area contributed by atoms with Crippen molar-refractivity contribution in [1.82, 2.24) is 5.16 Å². The van der Waals surface area contributed by atoms with E-state index in [1.165, 1.54) is 6.08 Å². The van der Waals surface area contributed by atoms with Gasteiger partial charge in [0.05, 0.1) is 5.39 Å². The van der Waals surface area contributed by atoms with E-state index in [1.807, 2.05) is 0 Å². The molecule has 2 aromatic rings. The molecule has 0 atom stereocenters. The topological polar surface area (TPSA) is 43.1 Å². The van der Waals surface area contributed by atoms with Gasteiger partial charge in [0.25, 0.3) is 0 Å². The molecule has 14 heavy (non-hydrogen) atoms. The molecule has 1 aromatic heterocycles. The molecule has 0 radical (unpaired) electrons. The highest BCUT2D eigenvalue weighted by Gasteiger charge is 2.12. The van der Waals surface area contributed by atoms with Crippen molar-refractivity contribution in [1.29, 1.82) is 0 Å². The van der Waals surface area contributed by atoms with E-state index in [1.54, 1.807) is 18.2 Å². The molecule has 0 aliphatic rings. The molecule has 1 aromatic carbocycles. The predicted octanol–water partition coefficient (Wildman–Crippen LogP) is 2.85. The summed E-state index contributed by atoms with van der Waals surface area (Å²) in [6.07, 6.45) is 1.20. The van der Waals surface area contributed by atoms with Crippen LogP contribution in [0.1, 0.15) is 10.5 Å². The Morgan fingerprint density at radius 2 is 2.36 bits per heavy atom. The van der Waals surface area contributed by atoms with Crippen LogP contribution in [0.25, 0.3) is 11.0 Å². The highest BCUT2D eigenvalue weighted by atomic mass is 35.5. The zero-order valence-corrected chi connectivity index (χ0v) is 7.91. The smallest absolute Gasteiger partial charge is 0.207 e. The average molecular weight is 208 g/mol. The first-order valence-corrected chi connectivity index (χ1v) is 4.32. The predicted molar refractivity (Wildman–Crippen MR) is 53.5 cm³/mol. The van der Waals surface area contributed by atoms with E-state index in [2.05, 4.69) is 11.7 Å². The van der Waals surface area contributed by atoms with Crippen LogP contribution in [0.4, 0.5) is 0 Å². The number of ketones is 1. The van der Waals surface area contributed by atoms with E-state index >= 15 is 0 Å². The van der Waals surface area contributed by atoms with Crippen LogP contribution >= 0.6 is 11.6 Å². The highest BCUT2D eigenvalue weighted by molar-refractivity contribution is 6.31. The van der Waals surface area contributed by atoms with Gasteiger partial charge in [-0.1, -0.05) is 23.3 Å². The van der Waals surface area contributed by atoms with E-state index in [0.29, 0.717) is 16.0 Å². The zero-order valence-electron chi connectivity index (χ0n) is 7.16. The van der Waals surface area contributed by atoms with Crippen molar-refractivity contribution in [3.63, 3.8) is 0 Å². The number of nitrogens with zero attached hydrogens (tertiary/aromatic N) is 1. The minimum Gasteiger partial charge on any atom is -0.355 e. The lowest BCUT2D eigenvalue weighted by Crippen LogP contribution is -1.93. The maximum Gasteiger partial charge on any atom is 0.207 e. The number of benzene rings is 1. The van der Waals surface area contributed by atoms with Gasteiger partial charge in [-0.3, -0.25) is 4.79 Å². The van der Waals surface area contributed by atoms with E-state index in [4.69, 9.17) is 16.1 Å². The van der Waals surface area contributed by atoms with Crippen LogP contribution in [0, 0.1) is 0 Å². The fourth-order valence-corrected chi connectivity index (χ4v) is 1.35. The molecule has 2 rings (SSSR count). The first-order valence-electron chi connectivity index (χ1n) is 3.94. The Bertz CT molecular complexity index is 516. The summed E-state index contributed by atoms with van der Waals surface area (Å²) in [4.78, 5) is 11.3. The molecule has 4 heteroatoms. The number of carbonyl (C=O) groups excluding carboxylic acids is 1. The van der Waals surface area contributed by atoms with Gasteiger partial charge in [-0.05, 0) is 18.2 Å². The van der Waals surface area contributed by atoms with Crippen molar-refractivity contribution in [3.05, 3.63) is 41.6 Å². The molecule has 0 N–H and O–H groups in total. The summed E-state index contributed by atoms with van der Waals surface area (Å²) in [6, 6.07) is 5.00. The van der Waals surface area contributed by atoms with Crippen molar-refractivity contribution in [2.45, 2.75) is 0 Å². The van der Waals surface area contributed by atoms with E-state index < -0.39 is 0 Å². The molecule has 70 valence electrons. The van der Waals surface area contributed by atoms with Crippen LogP contribution in [0.2, 0.25) is 5.02 Å². The molecule has 0 aliphatic carbocycles. The number of halogens is 1. The molecule has 1 heterocycles. The summed E-state index contributed by atoms with van der Waals surface area (Å²) >= 11 is 5.75. The van der Waals surface area contributed by atoms with E-state index in [-0.39, 0.29) is 11.5 Å². The second-order valence-corrected chi connectivity index (χ2v) is 3.18. The second-order valence-electron chi connectivity index (χ2n) is 2.74. The fraction of sp³-hybridized carbons (Fsp3) is 0. The lowest BCUT2D eigenvalue weighted by atomic mass is 10.1. The van der Waals surface area contributed by atoms with Crippen molar-refractivity contribution in [2.75, 3.05) is 0 Å². The standard InChI is InChI=1S/C10H6ClNO2/c1-2-8(13)10-7-4-3-6(11)5-9(7)14-12-10/h2-5H,1H2. The Kier molecular flexibility index (Phi) is 2.09. The van der Waals surface area contributed by atoms with Crippen LogP contribution in [0.15, 0.2) is 35.4 Å². The highest BCUT2D eigenvalue weighted by Crippen LogP contribution is 2.22. The normalized spacial score (nSPS) is 10.4. The summed E-state index contributed by atoms with van der Waals surface area (Å²) in [6.45, 7) is 3.38. The van der Waals surface area contributed by atoms with Crippen LogP contribution in [0.3, 0.4) is 0 Å². The molecule has 0 unspecified atom stereocenters. The summed E-state index contributed by atoms with van der Waals surface area (Å²) < 4.78 is 4.95. The van der Waals surface area contributed by atoms with Gasteiger partial charge in [0, 0.05) is 11.1 Å². The monoisotopic (exact) mass is 207 g/mol. The molecular formula is C10H6ClNO2. The Balaban J connectivity index is 2.69. The second kappa shape index (κ2) is 3.27. The van der Waals surface area contributed by atoms with Crippen LogP contribution in [0.5, 0.6) is 0 Å². The third kappa shape index (κ3) is 1.32. The lowest BCUT2D eigenvalue weighted by molar-refractivity contribution is 0.104. The summed E-state index contributed by atoms with van der Waals surface area (Å²) in [5, 5.41) is 4.85. The quantitative estimate of drug-likeness (QED) is 0.562. The van der Waals surface area contributed by atoms with Crippen LogP contribution in [-0.4, -0.2) is 10.9 Å². The Labute approximate surface area is 84.9 Å². The maximum absolute atomic E-state index is 11.3. The third-order valence-electron chi connectivity index (χ3n) is 1.85. The van der Waals surface area contributed by atoms with Gasteiger partial charge in [-0.15, -0.1) is 0 Å². The molecule has 0 saturated heterocycles. The van der Waals surface area contributed by atoms with Crippen molar-refractivity contribution >= 4 is 28.4 Å². The number of fused-ring (bicyclic) bond motifs is 1. The average Bonchev–Trinajstić information content (AvgIpc) is 2.59. The Hall–Kier alpha value is -1.61. The Morgan fingerprint density at radius 1 is 1.57 bits per heavy atom. The summed E-state index contributed by atoms with van der Waals surface area (Å²) in [5.74, 6) is -0.258. The maximum atomic E-state index is 11.3. The van der Waals surface area contributed by atoms with Gasteiger partial charge in [-0.25, -0.2) is 0 Å². The Morgan fingerprint density at radius 3 is 3.07 bits per heavy atom. The number of allylic oxidation sites excluding steroid dienone is 1. The van der Waals surface area contributed by atoms with Crippen molar-refractivity contribution in [2.24, 2.45) is 0 Å². The molecular weight excluding hydrogens is 202 g/mol.